The number of nitrogens with zero attached hydrogens (tertiary/aromatic N) is 3. The Balaban J connectivity index is 1.35. The Labute approximate surface area is 165 Å². The van der Waals surface area contributed by atoms with Crippen molar-refractivity contribution in [2.75, 3.05) is 32.8 Å². The molecular weight excluding hydrogens is 414 g/mol. The van der Waals surface area contributed by atoms with Gasteiger partial charge in [0.15, 0.2) is 11.5 Å². The van der Waals surface area contributed by atoms with Gasteiger partial charge in [0.1, 0.15) is 6.61 Å². The van der Waals surface area contributed by atoms with Gasteiger partial charge in [0.25, 0.3) is 11.8 Å². The van der Waals surface area contributed by atoms with Gasteiger partial charge >= 0.3 is 0 Å². The molecule has 0 N–H and O–H groups in total. The van der Waals surface area contributed by atoms with E-state index in [9.17, 15) is 9.59 Å². The molecule has 0 spiro atoms. The quantitative estimate of drug-likeness (QED) is 0.726. The van der Waals surface area contributed by atoms with E-state index in [4.69, 9.17) is 9.47 Å². The highest BCUT2D eigenvalue weighted by molar-refractivity contribution is 9.10. The van der Waals surface area contributed by atoms with Crippen molar-refractivity contribution in [2.24, 2.45) is 0 Å². The molecule has 4 rings (SSSR count). The molecule has 2 aliphatic heterocycles. The van der Waals surface area contributed by atoms with Crippen molar-refractivity contribution in [1.29, 1.82) is 0 Å². The first-order valence-corrected chi connectivity index (χ1v) is 9.48. The number of carbonyl (C=O) groups is 2. The van der Waals surface area contributed by atoms with Gasteiger partial charge in [-0.2, -0.15) is 0 Å². The van der Waals surface area contributed by atoms with Crippen molar-refractivity contribution in [3.63, 3.8) is 0 Å². The third kappa shape index (κ3) is 3.75. The van der Waals surface area contributed by atoms with Crippen LogP contribution >= 0.6 is 15.9 Å². The van der Waals surface area contributed by atoms with E-state index >= 15 is 0 Å². The predicted octanol–water partition coefficient (Wildman–Crippen LogP) is 1.97. The summed E-state index contributed by atoms with van der Waals surface area (Å²) in [6, 6.07) is 9.06. The van der Waals surface area contributed by atoms with Crippen molar-refractivity contribution >= 4 is 27.7 Å². The average molecular weight is 432 g/mol. The molecule has 0 saturated carbocycles. The monoisotopic (exact) mass is 431 g/mol. The number of benzene rings is 1. The molecule has 0 bridgehead atoms. The smallest absolute Gasteiger partial charge is 0.267 e. The number of hydrogen-bond donors (Lipinski definition) is 0. The van der Waals surface area contributed by atoms with E-state index in [-0.39, 0.29) is 18.4 Å². The number of fused-ring (bicyclic) bond motifs is 1. The maximum Gasteiger partial charge on any atom is 0.267 e. The van der Waals surface area contributed by atoms with Crippen molar-refractivity contribution < 1.29 is 19.1 Å². The summed E-state index contributed by atoms with van der Waals surface area (Å²) in [6.07, 6.45) is 2.53. The second kappa shape index (κ2) is 7.56. The summed E-state index contributed by atoms with van der Waals surface area (Å²) >= 11 is 3.33. The second-order valence-electron chi connectivity index (χ2n) is 6.37. The summed E-state index contributed by atoms with van der Waals surface area (Å²) < 4.78 is 12.2. The van der Waals surface area contributed by atoms with Crippen LogP contribution < -0.4 is 9.47 Å². The molecule has 1 atom stereocenters. The first kappa shape index (κ1) is 17.8. The molecule has 2 aromatic rings. The predicted molar refractivity (Wildman–Crippen MR) is 101 cm³/mol. The van der Waals surface area contributed by atoms with E-state index in [1.165, 1.54) is 0 Å². The highest BCUT2D eigenvalue weighted by atomic mass is 79.9. The summed E-state index contributed by atoms with van der Waals surface area (Å²) in [6.45, 7) is 2.07. The van der Waals surface area contributed by atoms with Crippen LogP contribution in [0.3, 0.4) is 0 Å². The molecule has 1 aromatic heterocycles. The topological polar surface area (TPSA) is 72.0 Å². The normalized spacial score (nSPS) is 18.9. The minimum Gasteiger partial charge on any atom is -0.485 e. The van der Waals surface area contributed by atoms with Gasteiger partial charge in [-0.15, -0.1) is 0 Å². The lowest BCUT2D eigenvalue weighted by molar-refractivity contribution is -0.142. The summed E-state index contributed by atoms with van der Waals surface area (Å²) in [4.78, 5) is 32.8. The number of pyridine rings is 1. The molecule has 8 heteroatoms. The van der Waals surface area contributed by atoms with Crippen LogP contribution in [0.25, 0.3) is 0 Å². The van der Waals surface area contributed by atoms with Gasteiger partial charge in [-0.3, -0.25) is 14.6 Å². The Kier molecular flexibility index (Phi) is 4.98. The standard InChI is InChI=1S/C19H18BrN3O4/c20-14-9-13(10-21-11-14)18(24)22-5-7-23(8-6-22)19(25)17-12-26-15-3-1-2-4-16(15)27-17/h1-4,9-11,17H,5-8,12H2/t17-/m1/s1. The minimum atomic E-state index is -0.656. The largest absolute Gasteiger partial charge is 0.485 e. The number of halogens is 1. The van der Waals surface area contributed by atoms with Crippen LogP contribution in [0.1, 0.15) is 10.4 Å². The maximum absolute atomic E-state index is 12.8. The molecule has 0 unspecified atom stereocenters. The van der Waals surface area contributed by atoms with Crippen LogP contribution in [0.15, 0.2) is 47.2 Å². The van der Waals surface area contributed by atoms with Crippen molar-refractivity contribution in [1.82, 2.24) is 14.8 Å². The fourth-order valence-electron chi connectivity index (χ4n) is 3.19. The van der Waals surface area contributed by atoms with Crippen molar-refractivity contribution in [3.8, 4) is 11.5 Å². The average Bonchev–Trinajstić information content (AvgIpc) is 2.72. The molecule has 27 heavy (non-hydrogen) atoms. The van der Waals surface area contributed by atoms with E-state index in [0.717, 1.165) is 4.47 Å². The molecule has 140 valence electrons. The molecule has 3 heterocycles. The third-order valence-electron chi connectivity index (χ3n) is 4.61. The number of aromatic nitrogens is 1. The van der Waals surface area contributed by atoms with Gasteiger partial charge in [0.05, 0.1) is 5.56 Å². The fraction of sp³-hybridized carbons (Fsp3) is 0.316. The van der Waals surface area contributed by atoms with Gasteiger partial charge < -0.3 is 19.3 Å². The zero-order chi connectivity index (χ0) is 18.8. The Morgan fingerprint density at radius 2 is 1.74 bits per heavy atom. The molecule has 0 aliphatic carbocycles. The van der Waals surface area contributed by atoms with Crippen molar-refractivity contribution in [3.05, 3.63) is 52.8 Å². The second-order valence-corrected chi connectivity index (χ2v) is 7.29. The van der Waals surface area contributed by atoms with E-state index in [1.54, 1.807) is 34.3 Å². The van der Waals surface area contributed by atoms with Crippen LogP contribution in [0.4, 0.5) is 0 Å². The Morgan fingerprint density at radius 1 is 1.04 bits per heavy atom. The number of rotatable bonds is 2. The molecule has 2 amide bonds. The zero-order valence-electron chi connectivity index (χ0n) is 14.5. The molecule has 2 aliphatic rings. The minimum absolute atomic E-state index is 0.0814. The van der Waals surface area contributed by atoms with Crippen LogP contribution in [-0.2, 0) is 4.79 Å². The first-order chi connectivity index (χ1) is 13.1. The van der Waals surface area contributed by atoms with Crippen LogP contribution in [0, 0.1) is 0 Å². The molecule has 1 saturated heterocycles. The molecular formula is C19H18BrN3O4. The number of carbonyl (C=O) groups excluding carboxylic acids is 2. The SMILES string of the molecule is O=C(c1cncc(Br)c1)N1CCN(C(=O)[C@H]2COc3ccccc3O2)CC1. The van der Waals surface area contributed by atoms with E-state index < -0.39 is 6.10 Å². The number of amides is 2. The lowest BCUT2D eigenvalue weighted by Gasteiger charge is -2.37. The number of hydrogen-bond acceptors (Lipinski definition) is 5. The van der Waals surface area contributed by atoms with E-state index in [2.05, 4.69) is 20.9 Å². The number of ether oxygens (including phenoxy) is 2. The van der Waals surface area contributed by atoms with E-state index in [1.807, 2.05) is 18.2 Å². The van der Waals surface area contributed by atoms with Gasteiger partial charge in [0.2, 0.25) is 6.10 Å². The fourth-order valence-corrected chi connectivity index (χ4v) is 3.55. The van der Waals surface area contributed by atoms with Gasteiger partial charge in [-0.1, -0.05) is 12.1 Å². The zero-order valence-corrected chi connectivity index (χ0v) is 16.1. The third-order valence-corrected chi connectivity index (χ3v) is 5.05. The van der Waals surface area contributed by atoms with Crippen molar-refractivity contribution in [2.45, 2.75) is 6.10 Å². The maximum atomic E-state index is 12.8. The summed E-state index contributed by atoms with van der Waals surface area (Å²) in [5, 5.41) is 0. The van der Waals surface area contributed by atoms with Crippen LogP contribution in [0.2, 0.25) is 0 Å². The highest BCUT2D eigenvalue weighted by Gasteiger charge is 2.33. The Hall–Kier alpha value is -2.61. The molecule has 1 aromatic carbocycles. The lowest BCUT2D eigenvalue weighted by Crippen LogP contribution is -2.55. The molecule has 7 nitrogen and oxygen atoms in total. The van der Waals surface area contributed by atoms with Gasteiger partial charge in [-0.05, 0) is 34.1 Å². The summed E-state index contributed by atoms with van der Waals surface area (Å²) in [5.74, 6) is 1.04. The number of para-hydroxylation sites is 2. The van der Waals surface area contributed by atoms with Crippen LogP contribution in [-0.4, -0.2) is 65.5 Å². The summed E-state index contributed by atoms with van der Waals surface area (Å²) in [5.41, 5.74) is 0.532. The molecule has 0 radical (unpaired) electrons. The Bertz CT molecular complexity index is 868. The first-order valence-electron chi connectivity index (χ1n) is 8.69. The van der Waals surface area contributed by atoms with Gasteiger partial charge in [0, 0.05) is 43.0 Å². The van der Waals surface area contributed by atoms with E-state index in [0.29, 0.717) is 43.2 Å². The van der Waals surface area contributed by atoms with Gasteiger partial charge in [-0.25, -0.2) is 0 Å². The Morgan fingerprint density at radius 3 is 2.48 bits per heavy atom. The highest BCUT2D eigenvalue weighted by Crippen LogP contribution is 2.31. The number of piperazine rings is 1. The van der Waals surface area contributed by atoms with Crippen LogP contribution in [0.5, 0.6) is 11.5 Å². The summed E-state index contributed by atoms with van der Waals surface area (Å²) in [7, 11) is 0. The lowest BCUT2D eigenvalue weighted by atomic mass is 10.2. The molecule has 1 fully saturated rings.